The molecule has 0 bridgehead atoms. The molecule has 0 radical (unpaired) electrons. The Bertz CT molecular complexity index is 1210. The van der Waals surface area contributed by atoms with Crippen molar-refractivity contribution < 1.29 is 66.7 Å². The zero-order valence-corrected chi connectivity index (χ0v) is 26.3. The highest BCUT2D eigenvalue weighted by molar-refractivity contribution is 7.64. The molecular formula is C28H36O14P2. The highest BCUT2D eigenvalue weighted by Gasteiger charge is 2.41. The van der Waals surface area contributed by atoms with E-state index in [9.17, 15) is 33.6 Å². The highest BCUT2D eigenvalue weighted by Crippen LogP contribution is 2.60. The zero-order valence-electron chi connectivity index (χ0n) is 24.5. The lowest BCUT2D eigenvalue weighted by molar-refractivity contribution is -0.195. The molecule has 0 aliphatic carbocycles. The van der Waals surface area contributed by atoms with Crippen LogP contribution < -0.4 is 0 Å². The molecule has 2 aromatic rings. The van der Waals surface area contributed by atoms with Gasteiger partial charge in [0.25, 0.3) is 0 Å². The molecule has 0 saturated carbocycles. The zero-order chi connectivity index (χ0) is 33.3. The van der Waals surface area contributed by atoms with E-state index >= 15 is 0 Å². The molecule has 2 aromatic carbocycles. The Hall–Kier alpha value is -3.51. The van der Waals surface area contributed by atoms with Crippen LogP contribution in [0.3, 0.4) is 0 Å². The summed E-state index contributed by atoms with van der Waals surface area (Å²) < 4.78 is 36.9. The van der Waals surface area contributed by atoms with Crippen LogP contribution in [0, 0.1) is 0 Å². The van der Waals surface area contributed by atoms with Gasteiger partial charge in [-0.3, -0.25) is 32.8 Å². The highest BCUT2D eigenvalue weighted by atomic mass is 31.2. The minimum absolute atomic E-state index is 0.157. The summed E-state index contributed by atoms with van der Waals surface area (Å²) in [5, 5.41) is 10.1. The second-order valence-electron chi connectivity index (χ2n) is 9.16. The molecule has 0 heterocycles. The number of aliphatic hydroxyl groups is 1. The fourth-order valence-corrected chi connectivity index (χ4v) is 6.87. The predicted octanol–water partition coefficient (Wildman–Crippen LogP) is 2.80. The van der Waals surface area contributed by atoms with Gasteiger partial charge in [0.05, 0.1) is 12.3 Å². The van der Waals surface area contributed by atoms with Crippen LogP contribution in [0.4, 0.5) is 0 Å². The molecule has 4 atom stereocenters. The van der Waals surface area contributed by atoms with Gasteiger partial charge in [0.1, 0.15) is 12.7 Å². The molecule has 0 amide bonds. The number of hydrogen-bond donors (Lipinski definition) is 3. The quantitative estimate of drug-likeness (QED) is 0.109. The maximum atomic E-state index is 12.8. The summed E-state index contributed by atoms with van der Waals surface area (Å²) in [5.41, 5.74) is 1.70. The third-order valence-electron chi connectivity index (χ3n) is 5.28. The Labute approximate surface area is 255 Å². The van der Waals surface area contributed by atoms with Gasteiger partial charge >= 0.3 is 32.5 Å². The summed E-state index contributed by atoms with van der Waals surface area (Å²) in [6, 6.07) is 18.5. The van der Waals surface area contributed by atoms with Crippen molar-refractivity contribution in [3.63, 3.8) is 0 Å². The van der Waals surface area contributed by atoms with Gasteiger partial charge in [-0.15, -0.1) is 0 Å². The van der Waals surface area contributed by atoms with Gasteiger partial charge in [-0.2, -0.15) is 0 Å². The Morgan fingerprint density at radius 3 is 1.55 bits per heavy atom. The third kappa shape index (κ3) is 15.8. The van der Waals surface area contributed by atoms with Crippen LogP contribution >= 0.6 is 16.0 Å². The molecular weight excluding hydrogens is 622 g/mol. The van der Waals surface area contributed by atoms with Crippen LogP contribution in [0.5, 0.6) is 0 Å². The number of rotatable bonds is 15. The van der Waals surface area contributed by atoms with Crippen molar-refractivity contribution in [3.05, 3.63) is 71.8 Å². The number of ether oxygens (including phenoxy) is 4. The minimum Gasteiger partial charge on any atom is -0.463 e. The lowest BCUT2D eigenvalue weighted by Gasteiger charge is -2.31. The third-order valence-corrected chi connectivity index (χ3v) is 8.75. The van der Waals surface area contributed by atoms with Crippen molar-refractivity contribution in [2.24, 2.45) is 0 Å². The molecule has 0 unspecified atom stereocenters. The Kier molecular flexibility index (Phi) is 17.2. The fourth-order valence-electron chi connectivity index (χ4n) is 3.70. The Morgan fingerprint density at radius 1 is 0.750 bits per heavy atom. The average Bonchev–Trinajstić information content (AvgIpc) is 2.92. The first kappa shape index (κ1) is 38.5. The molecule has 242 valence electrons. The Balaban J connectivity index is 0.000000445. The average molecular weight is 659 g/mol. The standard InChI is InChI=1S/C14H20O10.C14H16O4P2/c1-7(16)21-6-11(20)13(23-9(3)18)14(24-10(4)19)12(5-15)22-8(2)17;15-19(16)18-20(17,11-13-7-3-1-4-8-13)12-14-9-5-2-6-10-14/h5,11-14,20H,6H2,1-4H3;1-10,15-16H,11-12H2/t11-,12+,13-,14-;/m1./s1. The summed E-state index contributed by atoms with van der Waals surface area (Å²) in [6.45, 7) is 3.52. The summed E-state index contributed by atoms with van der Waals surface area (Å²) >= 11 is 0. The van der Waals surface area contributed by atoms with Crippen LogP contribution in [-0.2, 0) is 64.1 Å². The normalized spacial score (nSPS) is 13.6. The smallest absolute Gasteiger partial charge is 0.333 e. The van der Waals surface area contributed by atoms with E-state index in [1.807, 2.05) is 60.7 Å². The van der Waals surface area contributed by atoms with Crippen molar-refractivity contribution in [1.29, 1.82) is 0 Å². The number of aldehydes is 1. The van der Waals surface area contributed by atoms with Crippen LogP contribution in [-0.4, -0.2) is 76.1 Å². The molecule has 0 aromatic heterocycles. The molecule has 0 spiro atoms. The van der Waals surface area contributed by atoms with E-state index in [0.29, 0.717) is 0 Å². The van der Waals surface area contributed by atoms with E-state index in [1.54, 1.807) is 0 Å². The monoisotopic (exact) mass is 658 g/mol. The van der Waals surface area contributed by atoms with Crippen LogP contribution in [0.25, 0.3) is 0 Å². The molecule has 14 nitrogen and oxygen atoms in total. The van der Waals surface area contributed by atoms with E-state index in [0.717, 1.165) is 38.8 Å². The van der Waals surface area contributed by atoms with Crippen LogP contribution in [0.1, 0.15) is 38.8 Å². The van der Waals surface area contributed by atoms with Gasteiger partial charge in [-0.1, -0.05) is 60.7 Å². The second-order valence-corrected chi connectivity index (χ2v) is 12.6. The van der Waals surface area contributed by atoms with Gasteiger partial charge in [-0.05, 0) is 11.1 Å². The van der Waals surface area contributed by atoms with E-state index in [4.69, 9.17) is 28.3 Å². The van der Waals surface area contributed by atoms with E-state index in [2.05, 4.69) is 4.74 Å². The van der Waals surface area contributed by atoms with E-state index in [1.165, 1.54) is 0 Å². The fraction of sp³-hybridized carbons (Fsp3) is 0.393. The summed E-state index contributed by atoms with van der Waals surface area (Å²) in [5.74, 6) is -3.32. The number of benzene rings is 2. The first-order valence-electron chi connectivity index (χ1n) is 13.0. The first-order chi connectivity index (χ1) is 20.7. The topological polar surface area (TPSA) is 209 Å². The lowest BCUT2D eigenvalue weighted by atomic mass is 10.0. The van der Waals surface area contributed by atoms with Gasteiger partial charge in [-0.25, -0.2) is 0 Å². The van der Waals surface area contributed by atoms with Crippen molar-refractivity contribution in [2.75, 3.05) is 6.61 Å². The SMILES string of the molecule is CC(=O)OC[C@@H](O)[C@@H](OC(C)=O)[C@H](OC(C)=O)[C@H](C=O)OC(C)=O.O=P(Cc1ccccc1)(Cc1ccccc1)OP(O)O. The van der Waals surface area contributed by atoms with Gasteiger partial charge in [0, 0.05) is 27.7 Å². The number of carbonyl (C=O) groups is 5. The van der Waals surface area contributed by atoms with Gasteiger partial charge in [0.15, 0.2) is 24.6 Å². The number of aliphatic hydroxyl groups excluding tert-OH is 1. The molecule has 44 heavy (non-hydrogen) atoms. The molecule has 3 N–H and O–H groups in total. The molecule has 0 aliphatic rings. The predicted molar refractivity (Wildman–Crippen MR) is 156 cm³/mol. The van der Waals surface area contributed by atoms with Crippen molar-refractivity contribution in [1.82, 2.24) is 0 Å². The largest absolute Gasteiger partial charge is 0.463 e. The van der Waals surface area contributed by atoms with E-state index < -0.39 is 70.9 Å². The minimum atomic E-state index is -3.19. The van der Waals surface area contributed by atoms with Crippen molar-refractivity contribution >= 4 is 46.1 Å². The van der Waals surface area contributed by atoms with Crippen molar-refractivity contribution in [2.45, 2.75) is 64.4 Å². The Morgan fingerprint density at radius 2 is 1.18 bits per heavy atom. The molecule has 16 heteroatoms. The maximum Gasteiger partial charge on any atom is 0.333 e. The molecule has 0 saturated heterocycles. The van der Waals surface area contributed by atoms with Gasteiger partial charge in [0.2, 0.25) is 7.37 Å². The number of carbonyl (C=O) groups excluding carboxylic acids is 5. The second kappa shape index (κ2) is 19.7. The lowest BCUT2D eigenvalue weighted by Crippen LogP contribution is -2.52. The summed E-state index contributed by atoms with van der Waals surface area (Å²) in [4.78, 5) is 73.7. The summed E-state index contributed by atoms with van der Waals surface area (Å²) in [6.07, 6.45) is -5.99. The number of esters is 4. The molecule has 2 rings (SSSR count). The van der Waals surface area contributed by atoms with E-state index in [-0.39, 0.29) is 18.6 Å². The first-order valence-corrected chi connectivity index (χ1v) is 16.1. The maximum absolute atomic E-state index is 12.8. The van der Waals surface area contributed by atoms with Gasteiger partial charge < -0.3 is 33.8 Å². The number of hydrogen-bond acceptors (Lipinski definition) is 14. The summed E-state index contributed by atoms with van der Waals surface area (Å²) in [7, 11) is -5.83. The van der Waals surface area contributed by atoms with Crippen LogP contribution in [0.2, 0.25) is 0 Å². The molecule has 0 aliphatic heterocycles. The van der Waals surface area contributed by atoms with Crippen molar-refractivity contribution in [3.8, 4) is 0 Å². The van der Waals surface area contributed by atoms with Crippen LogP contribution in [0.15, 0.2) is 60.7 Å². The molecule has 0 fully saturated rings.